The number of nitrogens with one attached hydrogen (secondary N) is 3. The molecule has 1 saturated heterocycles. The predicted molar refractivity (Wildman–Crippen MR) is 109 cm³/mol. The van der Waals surface area contributed by atoms with E-state index in [0.717, 1.165) is 37.1 Å². The summed E-state index contributed by atoms with van der Waals surface area (Å²) in [4.78, 5) is 33.8. The maximum atomic E-state index is 12.5. The Morgan fingerprint density at radius 1 is 1.11 bits per heavy atom. The molecular weight excluding hydrogens is 352 g/mol. The molecule has 3 aromatic rings. The molecule has 6 heteroatoms. The second-order valence-corrected chi connectivity index (χ2v) is 7.48. The van der Waals surface area contributed by atoms with Crippen LogP contribution < -0.4 is 15.8 Å². The molecule has 0 saturated carbocycles. The van der Waals surface area contributed by atoms with Crippen molar-refractivity contribution in [2.75, 3.05) is 18.4 Å². The van der Waals surface area contributed by atoms with Crippen molar-refractivity contribution in [2.45, 2.75) is 25.8 Å². The largest absolute Gasteiger partial charge is 0.326 e. The van der Waals surface area contributed by atoms with E-state index in [1.807, 2.05) is 48.5 Å². The number of carbonyl (C=O) groups is 1. The molecule has 0 aliphatic carbocycles. The summed E-state index contributed by atoms with van der Waals surface area (Å²) in [5, 5.41) is 3.62. The third kappa shape index (κ3) is 3.82. The number of anilines is 1. The maximum absolute atomic E-state index is 12.5. The summed E-state index contributed by atoms with van der Waals surface area (Å²) >= 11 is 0. The molecule has 0 unspecified atom stereocenters. The highest BCUT2D eigenvalue weighted by molar-refractivity contribution is 5.92. The molecule has 0 spiro atoms. The summed E-state index contributed by atoms with van der Waals surface area (Å²) in [5.41, 5.74) is 1.47. The molecule has 0 bridgehead atoms. The Bertz CT molecular complexity index is 1020. The fourth-order valence-corrected chi connectivity index (χ4v) is 3.95. The Labute approximate surface area is 163 Å². The second-order valence-electron chi connectivity index (χ2n) is 7.48. The molecule has 144 valence electrons. The molecule has 1 atom stereocenters. The number of aromatic nitrogens is 2. The first kappa shape index (κ1) is 18.4. The number of para-hydroxylation sites is 2. The molecule has 0 radical (unpaired) electrons. The van der Waals surface area contributed by atoms with Crippen LogP contribution >= 0.6 is 0 Å². The van der Waals surface area contributed by atoms with Crippen LogP contribution in [0.15, 0.2) is 59.4 Å². The van der Waals surface area contributed by atoms with Gasteiger partial charge in [-0.25, -0.2) is 4.98 Å². The zero-order chi connectivity index (χ0) is 19.5. The zero-order valence-electron chi connectivity index (χ0n) is 15.9. The number of fused-ring (bicyclic) bond motifs is 1. The van der Waals surface area contributed by atoms with E-state index in [1.165, 1.54) is 4.90 Å². The monoisotopic (exact) mass is 377 g/mol. The molecule has 2 aromatic carbocycles. The van der Waals surface area contributed by atoms with Gasteiger partial charge in [-0.1, -0.05) is 30.3 Å². The van der Waals surface area contributed by atoms with Crippen molar-refractivity contribution in [1.82, 2.24) is 9.97 Å². The number of nitrogens with zero attached hydrogens (tertiary/aromatic N) is 1. The van der Waals surface area contributed by atoms with Crippen LogP contribution in [0.1, 0.15) is 31.6 Å². The molecule has 1 amide bonds. The van der Waals surface area contributed by atoms with E-state index >= 15 is 0 Å². The number of piperidine rings is 1. The number of amides is 1. The van der Waals surface area contributed by atoms with E-state index in [9.17, 15) is 9.59 Å². The molecule has 2 heterocycles. The van der Waals surface area contributed by atoms with Gasteiger partial charge in [0.05, 0.1) is 24.0 Å². The molecular formula is C22H25N4O2+. The van der Waals surface area contributed by atoms with Gasteiger partial charge in [0.2, 0.25) is 5.91 Å². The minimum atomic E-state index is -0.0935. The van der Waals surface area contributed by atoms with Crippen LogP contribution in [-0.2, 0) is 4.79 Å². The number of likely N-dealkylation sites (tertiary alicyclic amines) is 1. The minimum absolute atomic E-state index is 0.0276. The molecule has 1 fully saturated rings. The third-order valence-corrected chi connectivity index (χ3v) is 5.69. The Morgan fingerprint density at radius 3 is 2.54 bits per heavy atom. The van der Waals surface area contributed by atoms with Gasteiger partial charge in [-0.2, -0.15) is 0 Å². The SMILES string of the molecule is C[C@@H](c1nc2ccccc2c(=O)[nH]1)[NH+]1CCC(C(=O)Nc2ccccc2)CC1. The highest BCUT2D eigenvalue weighted by atomic mass is 16.2. The van der Waals surface area contributed by atoms with Crippen molar-refractivity contribution in [2.24, 2.45) is 5.92 Å². The van der Waals surface area contributed by atoms with Gasteiger partial charge in [0.25, 0.3) is 5.56 Å². The van der Waals surface area contributed by atoms with Gasteiger partial charge in [0, 0.05) is 24.4 Å². The number of hydrogen-bond donors (Lipinski definition) is 3. The lowest BCUT2D eigenvalue weighted by molar-refractivity contribution is -0.935. The van der Waals surface area contributed by atoms with Crippen LogP contribution in [0.5, 0.6) is 0 Å². The van der Waals surface area contributed by atoms with E-state index in [2.05, 4.69) is 22.2 Å². The zero-order valence-corrected chi connectivity index (χ0v) is 15.9. The predicted octanol–water partition coefficient (Wildman–Crippen LogP) is 1.92. The first-order valence-corrected chi connectivity index (χ1v) is 9.81. The van der Waals surface area contributed by atoms with Crippen LogP contribution in [0.4, 0.5) is 5.69 Å². The first-order valence-electron chi connectivity index (χ1n) is 9.81. The van der Waals surface area contributed by atoms with E-state index in [4.69, 9.17) is 0 Å². The molecule has 1 aromatic heterocycles. The summed E-state index contributed by atoms with van der Waals surface area (Å²) in [5.74, 6) is 0.834. The third-order valence-electron chi connectivity index (χ3n) is 5.69. The van der Waals surface area contributed by atoms with Crippen LogP contribution in [-0.4, -0.2) is 29.0 Å². The van der Waals surface area contributed by atoms with E-state index in [1.54, 1.807) is 6.07 Å². The lowest BCUT2D eigenvalue weighted by Gasteiger charge is -2.32. The molecule has 3 N–H and O–H groups in total. The standard InChI is InChI=1S/C22H24N4O2/c1-15(20-24-19-10-6-5-9-18(19)22(28)25-20)26-13-11-16(12-14-26)21(27)23-17-7-3-2-4-8-17/h2-10,15-16H,11-14H2,1H3,(H,23,27)(H,24,25,28)/p+1/t15-/m0/s1. The Balaban J connectivity index is 1.41. The van der Waals surface area contributed by atoms with Gasteiger partial charge < -0.3 is 15.2 Å². The Morgan fingerprint density at radius 2 is 1.79 bits per heavy atom. The van der Waals surface area contributed by atoms with Crippen LogP contribution in [0, 0.1) is 5.92 Å². The average molecular weight is 377 g/mol. The molecule has 4 rings (SSSR count). The van der Waals surface area contributed by atoms with Gasteiger partial charge in [-0.15, -0.1) is 0 Å². The van der Waals surface area contributed by atoms with E-state index in [0.29, 0.717) is 11.2 Å². The molecule has 6 nitrogen and oxygen atoms in total. The molecule has 28 heavy (non-hydrogen) atoms. The highest BCUT2D eigenvalue weighted by Gasteiger charge is 2.31. The van der Waals surface area contributed by atoms with Crippen molar-refractivity contribution < 1.29 is 9.69 Å². The number of carbonyl (C=O) groups excluding carboxylic acids is 1. The van der Waals surface area contributed by atoms with E-state index < -0.39 is 0 Å². The van der Waals surface area contributed by atoms with Crippen molar-refractivity contribution >= 4 is 22.5 Å². The summed E-state index contributed by atoms with van der Waals surface area (Å²) in [6.45, 7) is 3.85. The summed E-state index contributed by atoms with van der Waals surface area (Å²) in [6.07, 6.45) is 1.66. The topological polar surface area (TPSA) is 79.3 Å². The first-order chi connectivity index (χ1) is 13.6. The fraction of sp³-hybridized carbons (Fsp3) is 0.318. The van der Waals surface area contributed by atoms with Gasteiger partial charge in [0.1, 0.15) is 6.04 Å². The van der Waals surface area contributed by atoms with Crippen LogP contribution in [0.2, 0.25) is 0 Å². The quantitative estimate of drug-likeness (QED) is 0.650. The van der Waals surface area contributed by atoms with Crippen molar-refractivity contribution in [3.8, 4) is 0 Å². The fourth-order valence-electron chi connectivity index (χ4n) is 3.95. The Hall–Kier alpha value is -2.99. The number of aromatic amines is 1. The smallest absolute Gasteiger partial charge is 0.258 e. The van der Waals surface area contributed by atoms with Gasteiger partial charge in [-0.3, -0.25) is 9.59 Å². The normalized spacial score (nSPS) is 20.6. The summed E-state index contributed by atoms with van der Waals surface area (Å²) in [7, 11) is 0. The average Bonchev–Trinajstić information content (AvgIpc) is 2.74. The van der Waals surface area contributed by atoms with Crippen LogP contribution in [0.25, 0.3) is 10.9 Å². The minimum Gasteiger partial charge on any atom is -0.326 e. The second kappa shape index (κ2) is 7.94. The lowest BCUT2D eigenvalue weighted by Crippen LogP contribution is -3.13. The van der Waals surface area contributed by atoms with Crippen molar-refractivity contribution in [1.29, 1.82) is 0 Å². The van der Waals surface area contributed by atoms with Crippen molar-refractivity contribution in [3.63, 3.8) is 0 Å². The number of quaternary nitrogens is 1. The van der Waals surface area contributed by atoms with Gasteiger partial charge >= 0.3 is 0 Å². The van der Waals surface area contributed by atoms with Gasteiger partial charge in [0.15, 0.2) is 5.82 Å². The lowest BCUT2D eigenvalue weighted by atomic mass is 9.94. The van der Waals surface area contributed by atoms with Crippen LogP contribution in [0.3, 0.4) is 0 Å². The Kier molecular flexibility index (Phi) is 5.21. The number of H-pyrrole nitrogens is 1. The highest BCUT2D eigenvalue weighted by Crippen LogP contribution is 2.16. The molecule has 1 aliphatic heterocycles. The molecule has 1 aliphatic rings. The maximum Gasteiger partial charge on any atom is 0.258 e. The number of rotatable bonds is 4. The van der Waals surface area contributed by atoms with E-state index in [-0.39, 0.29) is 23.4 Å². The van der Waals surface area contributed by atoms with Gasteiger partial charge in [-0.05, 0) is 31.2 Å². The number of benzene rings is 2. The van der Waals surface area contributed by atoms with Crippen molar-refractivity contribution in [3.05, 3.63) is 70.8 Å². The summed E-state index contributed by atoms with van der Waals surface area (Å²) < 4.78 is 0. The summed E-state index contributed by atoms with van der Waals surface area (Å²) in [6, 6.07) is 17.1. The number of hydrogen-bond acceptors (Lipinski definition) is 3.